The molecule has 1 aromatic heterocycles. The molecule has 2 fully saturated rings. The van der Waals surface area contributed by atoms with Crippen molar-refractivity contribution in [3.63, 3.8) is 0 Å². The highest BCUT2D eigenvalue weighted by Gasteiger charge is 2.18. The number of nitrogens with one attached hydrogen (secondary N) is 1. The average Bonchev–Trinajstić information content (AvgIpc) is 3.36. The third-order valence-electron chi connectivity index (χ3n) is 5.28. The van der Waals surface area contributed by atoms with Gasteiger partial charge in [0.15, 0.2) is 0 Å². The maximum atomic E-state index is 12.3. The Morgan fingerprint density at radius 2 is 1.65 bits per heavy atom. The van der Waals surface area contributed by atoms with Crippen LogP contribution in [0.1, 0.15) is 48.9 Å². The number of carbonyl (C=O) groups excluding carboxylic acids is 1. The molecule has 1 aliphatic heterocycles. The number of amides is 1. The Morgan fingerprint density at radius 1 is 0.962 bits per heavy atom. The molecule has 6 heteroatoms. The Morgan fingerprint density at radius 3 is 2.35 bits per heavy atom. The van der Waals surface area contributed by atoms with Crippen molar-refractivity contribution in [2.45, 2.75) is 44.6 Å². The van der Waals surface area contributed by atoms with Crippen LogP contribution < -0.4 is 15.8 Å². The molecule has 0 unspecified atom stereocenters. The summed E-state index contributed by atoms with van der Waals surface area (Å²) in [6.07, 6.45) is 6.81. The first kappa shape index (κ1) is 16.8. The maximum absolute atomic E-state index is 12.3. The number of aromatic nitrogens is 2. The van der Waals surface area contributed by atoms with Crippen LogP contribution in [0.4, 0.5) is 5.82 Å². The molecule has 136 valence electrons. The van der Waals surface area contributed by atoms with Gasteiger partial charge in [-0.1, -0.05) is 12.8 Å². The molecule has 4 rings (SSSR count). The molecule has 1 aliphatic carbocycles. The van der Waals surface area contributed by atoms with Crippen molar-refractivity contribution in [3.05, 3.63) is 52.3 Å². The van der Waals surface area contributed by atoms with Crippen molar-refractivity contribution >= 4 is 11.7 Å². The molecular formula is C20H24N4O2. The predicted molar refractivity (Wildman–Crippen MR) is 101 cm³/mol. The first-order valence-electron chi connectivity index (χ1n) is 9.47. The highest BCUT2D eigenvalue weighted by atomic mass is 16.1. The lowest BCUT2D eigenvalue weighted by atomic mass is 10.1. The van der Waals surface area contributed by atoms with Crippen LogP contribution in [0.2, 0.25) is 0 Å². The second kappa shape index (κ2) is 7.32. The third kappa shape index (κ3) is 3.49. The van der Waals surface area contributed by atoms with E-state index in [4.69, 9.17) is 0 Å². The third-order valence-corrected chi connectivity index (χ3v) is 5.28. The van der Waals surface area contributed by atoms with Crippen LogP contribution >= 0.6 is 0 Å². The summed E-state index contributed by atoms with van der Waals surface area (Å²) in [5.74, 6) is 0.778. The molecule has 0 bridgehead atoms. The minimum absolute atomic E-state index is 0.0467. The summed E-state index contributed by atoms with van der Waals surface area (Å²) in [5, 5.41) is 7.59. The highest BCUT2D eigenvalue weighted by Crippen LogP contribution is 2.19. The number of rotatable bonds is 4. The van der Waals surface area contributed by atoms with Gasteiger partial charge >= 0.3 is 0 Å². The van der Waals surface area contributed by atoms with Crippen molar-refractivity contribution in [1.82, 2.24) is 15.1 Å². The van der Waals surface area contributed by atoms with Crippen LogP contribution in [0.15, 0.2) is 41.2 Å². The summed E-state index contributed by atoms with van der Waals surface area (Å²) in [7, 11) is 0. The van der Waals surface area contributed by atoms with E-state index < -0.39 is 0 Å². The fourth-order valence-corrected chi connectivity index (χ4v) is 3.79. The minimum atomic E-state index is -0.170. The van der Waals surface area contributed by atoms with E-state index in [1.54, 1.807) is 36.4 Å². The van der Waals surface area contributed by atoms with Gasteiger partial charge in [0.1, 0.15) is 5.82 Å². The molecule has 1 saturated carbocycles. The Hall–Kier alpha value is -2.63. The fraction of sp³-hybridized carbons (Fsp3) is 0.450. The van der Waals surface area contributed by atoms with E-state index >= 15 is 0 Å². The molecule has 2 heterocycles. The fourth-order valence-electron chi connectivity index (χ4n) is 3.79. The molecule has 0 radical (unpaired) electrons. The van der Waals surface area contributed by atoms with Gasteiger partial charge in [0.25, 0.3) is 11.5 Å². The van der Waals surface area contributed by atoms with Gasteiger partial charge in [-0.2, -0.15) is 4.68 Å². The lowest BCUT2D eigenvalue weighted by molar-refractivity contribution is 0.0938. The summed E-state index contributed by atoms with van der Waals surface area (Å²) in [5.41, 5.74) is 1.12. The molecule has 1 aromatic carbocycles. The Bertz CT molecular complexity index is 832. The summed E-state index contributed by atoms with van der Waals surface area (Å²) in [4.78, 5) is 26.8. The number of benzene rings is 1. The summed E-state index contributed by atoms with van der Waals surface area (Å²) in [6.45, 7) is 1.96. The van der Waals surface area contributed by atoms with Gasteiger partial charge in [-0.3, -0.25) is 9.59 Å². The van der Waals surface area contributed by atoms with E-state index in [1.807, 2.05) is 0 Å². The second-order valence-corrected chi connectivity index (χ2v) is 7.14. The Balaban J connectivity index is 1.53. The van der Waals surface area contributed by atoms with Crippen molar-refractivity contribution in [3.8, 4) is 5.69 Å². The molecule has 0 spiro atoms. The van der Waals surface area contributed by atoms with Gasteiger partial charge in [0.05, 0.1) is 5.69 Å². The summed E-state index contributed by atoms with van der Waals surface area (Å²) < 4.78 is 1.41. The van der Waals surface area contributed by atoms with E-state index in [9.17, 15) is 9.59 Å². The molecule has 0 atom stereocenters. The zero-order chi connectivity index (χ0) is 17.9. The van der Waals surface area contributed by atoms with Crippen molar-refractivity contribution in [2.75, 3.05) is 18.0 Å². The van der Waals surface area contributed by atoms with Gasteiger partial charge in [-0.15, -0.1) is 5.10 Å². The SMILES string of the molecule is O=C(NC1CCCC1)c1ccc(-n2nc(N3CCCC3)ccc2=O)cc1. The van der Waals surface area contributed by atoms with E-state index in [1.165, 1.54) is 17.5 Å². The van der Waals surface area contributed by atoms with E-state index in [0.29, 0.717) is 17.3 Å². The molecule has 1 amide bonds. The minimum Gasteiger partial charge on any atom is -0.355 e. The highest BCUT2D eigenvalue weighted by molar-refractivity contribution is 5.94. The maximum Gasteiger partial charge on any atom is 0.271 e. The van der Waals surface area contributed by atoms with Crippen LogP contribution in [0.25, 0.3) is 5.69 Å². The quantitative estimate of drug-likeness (QED) is 0.918. The number of hydrogen-bond acceptors (Lipinski definition) is 4. The second-order valence-electron chi connectivity index (χ2n) is 7.14. The predicted octanol–water partition coefficient (Wildman–Crippen LogP) is 2.51. The lowest BCUT2D eigenvalue weighted by Gasteiger charge is -2.17. The van der Waals surface area contributed by atoms with Gasteiger partial charge in [-0.25, -0.2) is 0 Å². The first-order valence-corrected chi connectivity index (χ1v) is 9.47. The average molecular weight is 352 g/mol. The van der Waals surface area contributed by atoms with Gasteiger partial charge in [0, 0.05) is 30.8 Å². The standard InChI is InChI=1S/C20H24N4O2/c25-19-12-11-18(23-13-3-4-14-23)22-24(19)17-9-7-15(8-10-17)20(26)21-16-5-1-2-6-16/h7-12,16H,1-6,13-14H2,(H,21,26). The van der Waals surface area contributed by atoms with E-state index in [0.717, 1.165) is 44.6 Å². The lowest BCUT2D eigenvalue weighted by Crippen LogP contribution is -2.32. The van der Waals surface area contributed by atoms with Gasteiger partial charge < -0.3 is 10.2 Å². The van der Waals surface area contributed by atoms with Gasteiger partial charge in [0.2, 0.25) is 0 Å². The molecule has 2 aliphatic rings. The van der Waals surface area contributed by atoms with Crippen LogP contribution in [0.3, 0.4) is 0 Å². The van der Waals surface area contributed by atoms with Crippen molar-refractivity contribution < 1.29 is 4.79 Å². The van der Waals surface area contributed by atoms with Gasteiger partial charge in [-0.05, 0) is 56.0 Å². The number of hydrogen-bond donors (Lipinski definition) is 1. The number of anilines is 1. The number of carbonyl (C=O) groups is 1. The molecular weight excluding hydrogens is 328 g/mol. The molecule has 26 heavy (non-hydrogen) atoms. The topological polar surface area (TPSA) is 67.2 Å². The van der Waals surface area contributed by atoms with E-state index in [-0.39, 0.29) is 11.5 Å². The van der Waals surface area contributed by atoms with Crippen LogP contribution in [-0.2, 0) is 0 Å². The first-order chi connectivity index (χ1) is 12.7. The Labute approximate surface area is 152 Å². The van der Waals surface area contributed by atoms with Crippen molar-refractivity contribution in [2.24, 2.45) is 0 Å². The molecule has 1 saturated heterocycles. The monoisotopic (exact) mass is 352 g/mol. The number of nitrogens with zero attached hydrogens (tertiary/aromatic N) is 3. The summed E-state index contributed by atoms with van der Waals surface area (Å²) in [6, 6.07) is 10.7. The molecule has 2 aromatic rings. The molecule has 6 nitrogen and oxygen atoms in total. The van der Waals surface area contributed by atoms with Crippen LogP contribution in [0, 0.1) is 0 Å². The zero-order valence-electron chi connectivity index (χ0n) is 14.9. The molecule has 1 N–H and O–H groups in total. The Kier molecular flexibility index (Phi) is 4.73. The largest absolute Gasteiger partial charge is 0.355 e. The van der Waals surface area contributed by atoms with Crippen molar-refractivity contribution in [1.29, 1.82) is 0 Å². The smallest absolute Gasteiger partial charge is 0.271 e. The van der Waals surface area contributed by atoms with E-state index in [2.05, 4.69) is 15.3 Å². The van der Waals surface area contributed by atoms with Crippen LogP contribution in [0.5, 0.6) is 0 Å². The summed E-state index contributed by atoms with van der Waals surface area (Å²) >= 11 is 0. The van der Waals surface area contributed by atoms with Crippen LogP contribution in [-0.4, -0.2) is 34.8 Å². The normalized spacial score (nSPS) is 17.6. The zero-order valence-corrected chi connectivity index (χ0v) is 14.9.